The van der Waals surface area contributed by atoms with Gasteiger partial charge < -0.3 is 4.90 Å². The molecular weight excluding hydrogens is 1210 g/mol. The highest BCUT2D eigenvalue weighted by atomic mass is 28.3. The average Bonchev–Trinajstić information content (AvgIpc) is 0.719. The second kappa shape index (κ2) is 23.3. The van der Waals surface area contributed by atoms with Crippen LogP contribution in [0.4, 0.5) is 87.3 Å². The van der Waals surface area contributed by atoms with Gasteiger partial charge in [0.2, 0.25) is 17.3 Å². The second-order valence-electron chi connectivity index (χ2n) is 29.1. The Morgan fingerprint density at radius 1 is 0.302 bits per heavy atom. The Morgan fingerprint density at radius 2 is 0.547 bits per heavy atom. The van der Waals surface area contributed by atoms with Crippen molar-refractivity contribution >= 4 is 70.1 Å². The SMILES string of the molecule is CC(C)(C)[Si](C)(C)c1c(F)c(F)c(-c2ccc([N+](C)(C)c3c(F)c(F)c([Si](C)(C)C(C)(C)C)c(F)c3F)c(-c3c(F)c(F)c([Si](C)(C)C(C)(C)C)c(F)c3F)c2-c2c(F)c(F)c([Si](C)(C)C(C)(C)C)c(F)c2F)c(F)c1F.CN(C)c1ccccc1. The number of anilines is 1. The molecule has 0 aliphatic rings. The molecule has 0 spiro atoms. The maximum atomic E-state index is 17.8. The van der Waals surface area contributed by atoms with E-state index in [0.29, 0.717) is 26.2 Å². The van der Waals surface area contributed by atoms with Gasteiger partial charge in [-0.1, -0.05) is 154 Å². The summed E-state index contributed by atoms with van der Waals surface area (Å²) >= 11 is 0. The maximum Gasteiger partial charge on any atom is 0.222 e. The molecule has 0 saturated heterocycles. The summed E-state index contributed by atoms with van der Waals surface area (Å²) in [5.41, 5.74) is -13.1. The molecule has 472 valence electrons. The van der Waals surface area contributed by atoms with Gasteiger partial charge in [-0.05, 0) is 43.9 Å². The van der Waals surface area contributed by atoms with Crippen LogP contribution in [-0.4, -0.2) is 60.5 Å². The van der Waals surface area contributed by atoms with Crippen molar-refractivity contribution in [2.45, 2.75) is 156 Å². The van der Waals surface area contributed by atoms with Crippen molar-refractivity contribution in [1.29, 1.82) is 0 Å². The minimum absolute atomic E-state index is 0.357. The first-order valence-electron chi connectivity index (χ1n) is 27.8. The number of quaternary nitrogens is 1. The number of benzene rings is 6. The van der Waals surface area contributed by atoms with E-state index in [4.69, 9.17) is 0 Å². The molecule has 0 unspecified atom stereocenters. The van der Waals surface area contributed by atoms with Crippen molar-refractivity contribution in [2.24, 2.45) is 0 Å². The van der Waals surface area contributed by atoms with Crippen LogP contribution < -0.4 is 30.1 Å². The van der Waals surface area contributed by atoms with Crippen molar-refractivity contribution in [3.05, 3.63) is 136 Å². The molecule has 0 heterocycles. The first kappa shape index (κ1) is 71.6. The third-order valence-electron chi connectivity index (χ3n) is 19.4. The first-order valence-corrected chi connectivity index (χ1v) is 39.8. The van der Waals surface area contributed by atoms with E-state index in [1.54, 1.807) is 20.8 Å². The van der Waals surface area contributed by atoms with E-state index in [9.17, 15) is 0 Å². The molecule has 0 N–H and O–H groups in total. The highest BCUT2D eigenvalue weighted by molar-refractivity contribution is 6.93. The van der Waals surface area contributed by atoms with Crippen molar-refractivity contribution in [1.82, 2.24) is 4.48 Å². The molecule has 6 aromatic carbocycles. The van der Waals surface area contributed by atoms with Gasteiger partial charge in [0.05, 0.1) is 68.6 Å². The van der Waals surface area contributed by atoms with E-state index in [1.165, 1.54) is 120 Å². The molecule has 0 aliphatic carbocycles. The largest absolute Gasteiger partial charge is 0.378 e. The normalized spacial score (nSPS) is 13.3. The van der Waals surface area contributed by atoms with Gasteiger partial charge in [-0.15, -0.1) is 0 Å². The Balaban J connectivity index is 0.00000137. The van der Waals surface area contributed by atoms with Crippen molar-refractivity contribution in [3.63, 3.8) is 0 Å². The Morgan fingerprint density at radius 3 is 0.791 bits per heavy atom. The molecule has 0 amide bonds. The Kier molecular flexibility index (Phi) is 19.4. The van der Waals surface area contributed by atoms with E-state index >= 15 is 70.2 Å². The van der Waals surface area contributed by atoms with Crippen LogP contribution in [0, 0.1) is 93.1 Å². The minimum Gasteiger partial charge on any atom is -0.378 e. The van der Waals surface area contributed by atoms with E-state index in [1.807, 2.05) is 32.3 Å². The maximum absolute atomic E-state index is 17.8. The van der Waals surface area contributed by atoms with Crippen LogP contribution in [0.15, 0.2) is 42.5 Å². The van der Waals surface area contributed by atoms with Gasteiger partial charge in [-0.3, -0.25) is 4.48 Å². The minimum atomic E-state index is -3.81. The summed E-state index contributed by atoms with van der Waals surface area (Å²) in [6, 6.07) is 11.1. The lowest BCUT2D eigenvalue weighted by Gasteiger charge is -2.39. The van der Waals surface area contributed by atoms with Crippen LogP contribution in [0.2, 0.25) is 72.5 Å². The molecule has 0 aromatic heterocycles. The molecule has 22 heteroatoms. The van der Waals surface area contributed by atoms with Crippen molar-refractivity contribution < 1.29 is 70.2 Å². The molecule has 0 radical (unpaired) electrons. The summed E-state index contributed by atoms with van der Waals surface area (Å²) in [6.07, 6.45) is 0. The van der Waals surface area contributed by atoms with E-state index in [0.717, 1.165) is 0 Å². The zero-order chi connectivity index (χ0) is 66.8. The van der Waals surface area contributed by atoms with Gasteiger partial charge >= 0.3 is 0 Å². The highest BCUT2D eigenvalue weighted by Gasteiger charge is 2.52. The average molecular weight is 1290 g/mol. The van der Waals surface area contributed by atoms with Gasteiger partial charge in [0.15, 0.2) is 81.4 Å². The number of hydrogen-bond donors (Lipinski definition) is 0. The number of hydrogen-bond acceptors (Lipinski definition) is 1. The van der Waals surface area contributed by atoms with Crippen LogP contribution in [0.3, 0.4) is 0 Å². The lowest BCUT2D eigenvalue weighted by atomic mass is 9.84. The Hall–Kier alpha value is -5.17. The lowest BCUT2D eigenvalue weighted by Crippen LogP contribution is -2.54. The Bertz CT molecular complexity index is 3540. The fourth-order valence-electron chi connectivity index (χ4n) is 10.0. The number of halogens is 16. The topological polar surface area (TPSA) is 3.24 Å². The van der Waals surface area contributed by atoms with Crippen molar-refractivity contribution in [3.8, 4) is 33.4 Å². The molecule has 0 atom stereocenters. The van der Waals surface area contributed by atoms with Crippen LogP contribution in [0.1, 0.15) is 83.1 Å². The predicted octanol–water partition coefficient (Wildman–Crippen LogP) is 19.4. The Labute approximate surface area is 500 Å². The summed E-state index contributed by atoms with van der Waals surface area (Å²) in [7, 11) is -9.50. The molecule has 6 rings (SSSR count). The first-order chi connectivity index (χ1) is 38.6. The number of nitrogens with zero attached hydrogens (tertiary/aromatic N) is 2. The highest BCUT2D eigenvalue weighted by Crippen LogP contribution is 2.55. The summed E-state index contributed by atoms with van der Waals surface area (Å²) in [5, 5.41) is -8.65. The summed E-state index contributed by atoms with van der Waals surface area (Å²) < 4.78 is 274. The van der Waals surface area contributed by atoms with Gasteiger partial charge in [0, 0.05) is 52.2 Å². The third-order valence-corrected chi connectivity index (χ3v) is 41.2. The smallest absolute Gasteiger partial charge is 0.222 e. The molecule has 0 aliphatic heterocycles. The van der Waals surface area contributed by atoms with Crippen LogP contribution in [0.25, 0.3) is 33.4 Å². The third kappa shape index (κ3) is 11.5. The van der Waals surface area contributed by atoms with Crippen LogP contribution in [-0.2, 0) is 0 Å². The quantitative estimate of drug-likeness (QED) is 0.0572. The fraction of sp³-hybridized carbons (Fsp3) is 0.438. The van der Waals surface area contributed by atoms with Gasteiger partial charge in [-0.25, -0.2) is 61.5 Å². The van der Waals surface area contributed by atoms with Gasteiger partial charge in [-0.2, -0.15) is 8.78 Å². The van der Waals surface area contributed by atoms with Crippen LogP contribution in [0.5, 0.6) is 0 Å². The van der Waals surface area contributed by atoms with E-state index < -0.39 is 216 Å². The lowest BCUT2D eigenvalue weighted by molar-refractivity contribution is 0.416. The summed E-state index contributed by atoms with van der Waals surface area (Å²) in [5.74, 6) is -35.5. The van der Waals surface area contributed by atoms with Gasteiger partial charge in [0.25, 0.3) is 0 Å². The summed E-state index contributed by atoms with van der Waals surface area (Å²) in [6.45, 7) is 29.0. The standard InChI is InChI=1S/C56H68F16NSi4.C8H11N/c1-53(2,3)74(15,16)49-40(65)32(57)28(33(58)41(49)66)25-23-24-26(73(13,14)48-38(63)46(71)52(47(72)39(48)64)77(21,22)56(10,11)12)29(31-36(61)44(69)51(45(70)37(31)62)76(19,20)55(7,8)9)27(25)30-34(59)42(67)50(43(68)35(30)60)75(17,18)54(4,5)6;1-9(2)8-6-4-3-5-7-8/h23-24H,1-22H3;3-7H,1-2H3/q+1;. The molecule has 6 aromatic rings. The van der Waals surface area contributed by atoms with Crippen LogP contribution >= 0.6 is 0 Å². The second-order valence-corrected chi connectivity index (χ2v) is 50.1. The molecule has 86 heavy (non-hydrogen) atoms. The van der Waals surface area contributed by atoms with E-state index in [-0.39, 0.29) is 0 Å². The molecule has 0 bridgehead atoms. The zero-order valence-corrected chi connectivity index (χ0v) is 57.5. The molecule has 0 fully saturated rings. The fourth-order valence-corrected chi connectivity index (χ4v) is 18.3. The van der Waals surface area contributed by atoms with Gasteiger partial charge in [0.1, 0.15) is 5.69 Å². The molecular formula is C64H79F16N2Si4+. The monoisotopic (exact) mass is 1290 g/mol. The van der Waals surface area contributed by atoms with Crippen molar-refractivity contribution in [2.75, 3.05) is 33.1 Å². The molecule has 2 nitrogen and oxygen atoms in total. The predicted molar refractivity (Wildman–Crippen MR) is 330 cm³/mol. The number of para-hydroxylation sites is 1. The summed E-state index contributed by atoms with van der Waals surface area (Å²) in [4.78, 5) is 2.08. The molecule has 0 saturated carbocycles. The number of rotatable bonds is 10. The van der Waals surface area contributed by atoms with E-state index in [2.05, 4.69) is 17.0 Å². The zero-order valence-electron chi connectivity index (χ0n) is 53.5.